The van der Waals surface area contributed by atoms with E-state index in [4.69, 9.17) is 9.52 Å². The van der Waals surface area contributed by atoms with Crippen molar-refractivity contribution in [2.75, 3.05) is 0 Å². The molecular weight excluding hydrogens is 208 g/mol. The van der Waals surface area contributed by atoms with Crippen molar-refractivity contribution in [3.05, 3.63) is 35.1 Å². The maximum absolute atomic E-state index is 10.7. The second-order valence-corrected chi connectivity index (χ2v) is 3.75. The minimum Gasteiger partial charge on any atom is -0.479 e. The van der Waals surface area contributed by atoms with Crippen LogP contribution in [0.15, 0.2) is 22.6 Å². The quantitative estimate of drug-likeness (QED) is 0.813. The molecule has 1 unspecified atom stereocenters. The maximum Gasteiger partial charge on any atom is 0.337 e. The lowest BCUT2D eigenvalue weighted by molar-refractivity contribution is -0.146. The van der Waals surface area contributed by atoms with Crippen molar-refractivity contribution >= 4 is 16.9 Å². The van der Waals surface area contributed by atoms with Crippen molar-refractivity contribution in [3.8, 4) is 0 Å². The number of furan rings is 1. The third-order valence-corrected chi connectivity index (χ3v) is 2.76. The molecule has 0 amide bonds. The molecule has 0 fully saturated rings. The van der Waals surface area contributed by atoms with Gasteiger partial charge in [0, 0.05) is 10.9 Å². The zero-order valence-electron chi connectivity index (χ0n) is 9.02. The molecule has 1 aromatic heterocycles. The van der Waals surface area contributed by atoms with Gasteiger partial charge in [0.15, 0.2) is 6.10 Å². The highest BCUT2D eigenvalue weighted by Gasteiger charge is 2.21. The van der Waals surface area contributed by atoms with Gasteiger partial charge < -0.3 is 14.6 Å². The van der Waals surface area contributed by atoms with Crippen LogP contribution in [0, 0.1) is 13.8 Å². The van der Waals surface area contributed by atoms with E-state index in [0.29, 0.717) is 11.1 Å². The number of benzene rings is 1. The summed E-state index contributed by atoms with van der Waals surface area (Å²) in [5.41, 5.74) is 1.71. The third kappa shape index (κ3) is 1.47. The molecule has 4 nitrogen and oxygen atoms in total. The summed E-state index contributed by atoms with van der Waals surface area (Å²) >= 11 is 0. The standard InChI is InChI=1S/C12H12O4/c1-6-7(2)16-11-8(6)4-3-5-9(11)10(13)12(14)15/h3-5,10,13H,1-2H3,(H,14,15). The van der Waals surface area contributed by atoms with Crippen LogP contribution < -0.4 is 0 Å². The van der Waals surface area contributed by atoms with Gasteiger partial charge in [-0.3, -0.25) is 0 Å². The summed E-state index contributed by atoms with van der Waals surface area (Å²) in [6.07, 6.45) is -1.55. The van der Waals surface area contributed by atoms with Gasteiger partial charge in [0.25, 0.3) is 0 Å². The average Bonchev–Trinajstić information content (AvgIpc) is 2.54. The number of carbonyl (C=O) groups is 1. The minimum absolute atomic E-state index is 0.293. The van der Waals surface area contributed by atoms with Crippen molar-refractivity contribution < 1.29 is 19.4 Å². The first kappa shape index (κ1) is 10.7. The fourth-order valence-electron chi connectivity index (χ4n) is 1.73. The lowest BCUT2D eigenvalue weighted by atomic mass is 10.0. The molecule has 1 aromatic carbocycles. The zero-order valence-corrected chi connectivity index (χ0v) is 9.02. The highest BCUT2D eigenvalue weighted by molar-refractivity contribution is 5.88. The van der Waals surface area contributed by atoms with Crippen LogP contribution >= 0.6 is 0 Å². The fraction of sp³-hybridized carbons (Fsp3) is 0.250. The topological polar surface area (TPSA) is 70.7 Å². The second kappa shape index (κ2) is 3.64. The van der Waals surface area contributed by atoms with E-state index >= 15 is 0 Å². The summed E-state index contributed by atoms with van der Waals surface area (Å²) in [6, 6.07) is 5.12. The molecule has 0 aliphatic carbocycles. The maximum atomic E-state index is 10.7. The van der Waals surface area contributed by atoms with E-state index in [2.05, 4.69) is 0 Å². The number of carboxylic acids is 1. The van der Waals surface area contributed by atoms with Crippen LogP contribution in [-0.2, 0) is 4.79 Å². The van der Waals surface area contributed by atoms with E-state index < -0.39 is 12.1 Å². The lowest BCUT2D eigenvalue weighted by Gasteiger charge is -2.05. The van der Waals surface area contributed by atoms with Crippen LogP contribution in [-0.4, -0.2) is 16.2 Å². The van der Waals surface area contributed by atoms with E-state index in [1.165, 1.54) is 0 Å². The molecule has 16 heavy (non-hydrogen) atoms. The van der Waals surface area contributed by atoms with Gasteiger partial charge in [-0.05, 0) is 19.4 Å². The highest BCUT2D eigenvalue weighted by Crippen LogP contribution is 2.30. The first-order chi connectivity index (χ1) is 7.52. The molecule has 1 atom stereocenters. The average molecular weight is 220 g/mol. The number of hydrogen-bond donors (Lipinski definition) is 2. The van der Waals surface area contributed by atoms with E-state index in [1.54, 1.807) is 12.1 Å². The predicted molar refractivity (Wildman–Crippen MR) is 58.3 cm³/mol. The summed E-state index contributed by atoms with van der Waals surface area (Å²) < 4.78 is 5.48. The Labute approximate surface area is 92.1 Å². The number of carboxylic acid groups (broad SMARTS) is 1. The van der Waals surface area contributed by atoms with Gasteiger partial charge >= 0.3 is 5.97 Å². The first-order valence-corrected chi connectivity index (χ1v) is 4.92. The van der Waals surface area contributed by atoms with Crippen molar-refractivity contribution in [2.45, 2.75) is 20.0 Å². The summed E-state index contributed by atoms with van der Waals surface area (Å²) in [5, 5.41) is 19.2. The van der Waals surface area contributed by atoms with Gasteiger partial charge in [-0.15, -0.1) is 0 Å². The van der Waals surface area contributed by atoms with E-state index in [9.17, 15) is 9.90 Å². The van der Waals surface area contributed by atoms with Gasteiger partial charge in [0.1, 0.15) is 11.3 Å². The molecule has 0 aliphatic rings. The van der Waals surface area contributed by atoms with Crippen molar-refractivity contribution in [1.82, 2.24) is 0 Å². The molecule has 0 saturated heterocycles. The smallest absolute Gasteiger partial charge is 0.337 e. The number of aliphatic hydroxyl groups excluding tert-OH is 1. The van der Waals surface area contributed by atoms with Gasteiger partial charge in [0.05, 0.1) is 0 Å². The molecular formula is C12H12O4. The first-order valence-electron chi connectivity index (χ1n) is 4.92. The zero-order chi connectivity index (χ0) is 11.9. The molecule has 1 heterocycles. The van der Waals surface area contributed by atoms with Crippen LogP contribution in [0.5, 0.6) is 0 Å². The van der Waals surface area contributed by atoms with Gasteiger partial charge in [-0.2, -0.15) is 0 Å². The number of hydrogen-bond acceptors (Lipinski definition) is 3. The molecule has 0 bridgehead atoms. The van der Waals surface area contributed by atoms with Crippen LogP contribution in [0.1, 0.15) is 23.0 Å². The van der Waals surface area contributed by atoms with Crippen molar-refractivity contribution in [2.24, 2.45) is 0 Å². The fourth-order valence-corrected chi connectivity index (χ4v) is 1.73. The van der Waals surface area contributed by atoms with Gasteiger partial charge in [0.2, 0.25) is 0 Å². The highest BCUT2D eigenvalue weighted by atomic mass is 16.4. The summed E-state index contributed by atoms with van der Waals surface area (Å²) in [6.45, 7) is 3.71. The predicted octanol–water partition coefficient (Wildman–Crippen LogP) is 2.17. The Hall–Kier alpha value is -1.81. The van der Waals surface area contributed by atoms with Gasteiger partial charge in [-0.1, -0.05) is 18.2 Å². The number of aliphatic hydroxyl groups is 1. The Balaban J connectivity index is 2.71. The van der Waals surface area contributed by atoms with Crippen LogP contribution in [0.2, 0.25) is 0 Å². The number of aliphatic carboxylic acids is 1. The van der Waals surface area contributed by atoms with Crippen LogP contribution in [0.25, 0.3) is 11.0 Å². The number of aryl methyl sites for hydroxylation is 2. The molecule has 0 spiro atoms. The van der Waals surface area contributed by atoms with E-state index in [1.807, 2.05) is 19.9 Å². The minimum atomic E-state index is -1.55. The summed E-state index contributed by atoms with van der Waals surface area (Å²) in [5.74, 6) is -0.542. The molecule has 2 rings (SSSR count). The molecule has 0 aliphatic heterocycles. The summed E-state index contributed by atoms with van der Waals surface area (Å²) in [7, 11) is 0. The molecule has 0 saturated carbocycles. The van der Waals surface area contributed by atoms with Crippen LogP contribution in [0.4, 0.5) is 0 Å². The Morgan fingerprint density at radius 1 is 1.38 bits per heavy atom. The normalized spacial score (nSPS) is 12.9. The Kier molecular flexibility index (Phi) is 2.44. The number of fused-ring (bicyclic) bond motifs is 1. The van der Waals surface area contributed by atoms with Crippen LogP contribution in [0.3, 0.4) is 0 Å². The molecule has 2 N–H and O–H groups in total. The Bertz CT molecular complexity index is 553. The van der Waals surface area contributed by atoms with Gasteiger partial charge in [-0.25, -0.2) is 4.79 Å². The molecule has 0 radical (unpaired) electrons. The largest absolute Gasteiger partial charge is 0.479 e. The number of rotatable bonds is 2. The number of para-hydroxylation sites is 1. The monoisotopic (exact) mass is 220 g/mol. The van der Waals surface area contributed by atoms with Crippen molar-refractivity contribution in [3.63, 3.8) is 0 Å². The second-order valence-electron chi connectivity index (χ2n) is 3.75. The summed E-state index contributed by atoms with van der Waals surface area (Å²) in [4.78, 5) is 10.7. The van der Waals surface area contributed by atoms with E-state index in [-0.39, 0.29) is 0 Å². The van der Waals surface area contributed by atoms with E-state index in [0.717, 1.165) is 16.7 Å². The third-order valence-electron chi connectivity index (χ3n) is 2.76. The molecule has 2 aromatic rings. The lowest BCUT2D eigenvalue weighted by Crippen LogP contribution is -2.10. The Morgan fingerprint density at radius 2 is 2.06 bits per heavy atom. The SMILES string of the molecule is Cc1oc2c(C(O)C(=O)O)cccc2c1C. The molecule has 84 valence electrons. The Morgan fingerprint density at radius 3 is 2.69 bits per heavy atom. The van der Waals surface area contributed by atoms with Crippen molar-refractivity contribution in [1.29, 1.82) is 0 Å². The molecule has 4 heteroatoms.